The molecule has 2 heterocycles. The second kappa shape index (κ2) is 7.23. The summed E-state index contributed by atoms with van der Waals surface area (Å²) in [6.45, 7) is 5.88. The van der Waals surface area contributed by atoms with E-state index in [9.17, 15) is 4.79 Å². The van der Waals surface area contributed by atoms with E-state index in [0.717, 1.165) is 17.0 Å². The van der Waals surface area contributed by atoms with Crippen LogP contribution in [-0.2, 0) is 9.53 Å². The van der Waals surface area contributed by atoms with Crippen LogP contribution in [0.15, 0.2) is 41.6 Å². The van der Waals surface area contributed by atoms with E-state index in [2.05, 4.69) is 15.1 Å². The van der Waals surface area contributed by atoms with E-state index in [4.69, 9.17) is 4.74 Å². The van der Waals surface area contributed by atoms with E-state index in [1.807, 2.05) is 57.2 Å². The maximum atomic E-state index is 12.3. The van der Waals surface area contributed by atoms with Gasteiger partial charge in [0.2, 0.25) is 5.16 Å². The molecule has 0 bridgehead atoms. The van der Waals surface area contributed by atoms with E-state index >= 15 is 0 Å². The molecule has 0 radical (unpaired) electrons. The minimum atomic E-state index is -0.439. The van der Waals surface area contributed by atoms with Crippen LogP contribution in [0.1, 0.15) is 29.8 Å². The van der Waals surface area contributed by atoms with Gasteiger partial charge in [0.1, 0.15) is 5.25 Å². The summed E-state index contributed by atoms with van der Waals surface area (Å²) >= 11 is 1.31. The quantitative estimate of drug-likeness (QED) is 0.517. The topological polar surface area (TPSA) is 69.4 Å². The van der Waals surface area contributed by atoms with Gasteiger partial charge in [0.15, 0.2) is 0 Å². The molecule has 0 aliphatic heterocycles. The highest BCUT2D eigenvalue weighted by molar-refractivity contribution is 8.00. The largest absolute Gasteiger partial charge is 0.468 e. The Kier molecular flexibility index (Phi) is 5.03. The third-order valence-corrected chi connectivity index (χ3v) is 5.28. The van der Waals surface area contributed by atoms with Crippen LogP contribution in [0.3, 0.4) is 0 Å². The fourth-order valence-electron chi connectivity index (χ4n) is 2.71. The number of methoxy groups -OCH3 is 1. The molecule has 0 fully saturated rings. The molecular formula is C18H20N4O2S. The van der Waals surface area contributed by atoms with Crippen LogP contribution in [0.4, 0.5) is 0 Å². The zero-order chi connectivity index (χ0) is 18.0. The van der Waals surface area contributed by atoms with Crippen molar-refractivity contribution in [2.75, 3.05) is 7.11 Å². The number of ether oxygens (including phenoxy) is 1. The van der Waals surface area contributed by atoms with Crippen molar-refractivity contribution in [3.05, 3.63) is 53.3 Å². The van der Waals surface area contributed by atoms with Crippen molar-refractivity contribution in [2.24, 2.45) is 0 Å². The van der Waals surface area contributed by atoms with E-state index in [0.29, 0.717) is 10.9 Å². The first kappa shape index (κ1) is 17.4. The molecule has 0 N–H and O–H groups in total. The first-order valence-electron chi connectivity index (χ1n) is 8.00. The summed E-state index contributed by atoms with van der Waals surface area (Å²) in [5, 5.41) is 4.56. The fraction of sp³-hybridized carbons (Fsp3) is 0.333. The van der Waals surface area contributed by atoms with E-state index < -0.39 is 5.25 Å². The summed E-state index contributed by atoms with van der Waals surface area (Å²) in [5.74, 6) is 0.207. The predicted octanol–water partition coefficient (Wildman–Crippen LogP) is 3.18. The molecule has 0 saturated carbocycles. The lowest BCUT2D eigenvalue weighted by molar-refractivity contribution is -0.140. The molecule has 3 aromatic rings. The Labute approximate surface area is 150 Å². The average molecular weight is 356 g/mol. The molecule has 2 unspecified atom stereocenters. The second-order valence-corrected chi connectivity index (χ2v) is 7.01. The summed E-state index contributed by atoms with van der Waals surface area (Å²) < 4.78 is 6.70. The Hall–Kier alpha value is -2.41. The predicted molar refractivity (Wildman–Crippen MR) is 96.8 cm³/mol. The number of aryl methyl sites for hydroxylation is 2. The summed E-state index contributed by atoms with van der Waals surface area (Å²) in [4.78, 5) is 21.2. The molecular weight excluding hydrogens is 336 g/mol. The highest BCUT2D eigenvalue weighted by Gasteiger charge is 2.30. The molecule has 0 saturated heterocycles. The molecule has 7 heteroatoms. The lowest BCUT2D eigenvalue weighted by Crippen LogP contribution is -2.25. The molecule has 6 nitrogen and oxygen atoms in total. The highest BCUT2D eigenvalue weighted by atomic mass is 32.2. The van der Waals surface area contributed by atoms with Gasteiger partial charge in [0.25, 0.3) is 5.78 Å². The lowest BCUT2D eigenvalue weighted by Gasteiger charge is -2.20. The number of hydrogen-bond donors (Lipinski definition) is 0. The molecule has 1 aromatic carbocycles. The molecule has 0 spiro atoms. The molecule has 25 heavy (non-hydrogen) atoms. The first-order valence-corrected chi connectivity index (χ1v) is 8.88. The Balaban J connectivity index is 1.93. The number of thioether (sulfide) groups is 1. The Morgan fingerprint density at radius 3 is 2.60 bits per heavy atom. The number of nitrogens with zero attached hydrogens (tertiary/aromatic N) is 4. The number of carbonyl (C=O) groups excluding carboxylic acids is 1. The Bertz CT molecular complexity index is 895. The van der Waals surface area contributed by atoms with Crippen LogP contribution >= 0.6 is 11.8 Å². The van der Waals surface area contributed by atoms with E-state index in [1.165, 1.54) is 18.9 Å². The van der Waals surface area contributed by atoms with Gasteiger partial charge in [-0.3, -0.25) is 4.79 Å². The smallest absolute Gasteiger partial charge is 0.319 e. The zero-order valence-electron chi connectivity index (χ0n) is 14.6. The van der Waals surface area contributed by atoms with Crippen molar-refractivity contribution in [2.45, 2.75) is 37.1 Å². The van der Waals surface area contributed by atoms with Gasteiger partial charge in [-0.1, -0.05) is 49.0 Å². The number of rotatable bonds is 5. The maximum Gasteiger partial charge on any atom is 0.319 e. The minimum absolute atomic E-state index is 0.0407. The molecule has 2 atom stereocenters. The minimum Gasteiger partial charge on any atom is -0.468 e. The maximum absolute atomic E-state index is 12.3. The number of carbonyl (C=O) groups is 1. The number of hydrogen-bond acceptors (Lipinski definition) is 6. The lowest BCUT2D eigenvalue weighted by atomic mass is 9.97. The van der Waals surface area contributed by atoms with Gasteiger partial charge in [0.05, 0.1) is 7.11 Å². The summed E-state index contributed by atoms with van der Waals surface area (Å²) in [6, 6.07) is 11.8. The van der Waals surface area contributed by atoms with Gasteiger partial charge < -0.3 is 4.74 Å². The molecule has 0 aliphatic rings. The van der Waals surface area contributed by atoms with Crippen molar-refractivity contribution in [1.29, 1.82) is 0 Å². The van der Waals surface area contributed by atoms with Gasteiger partial charge in [0, 0.05) is 17.3 Å². The van der Waals surface area contributed by atoms with Gasteiger partial charge >= 0.3 is 5.97 Å². The standard InChI is InChI=1S/C18H20N4O2S/c1-11-10-12(2)22-17(19-11)20-18(21-22)25-15(16(23)24-4)13(3)14-8-6-5-7-9-14/h5-10,13,15H,1-4H3. The average Bonchev–Trinajstić information content (AvgIpc) is 3.02. The normalized spacial score (nSPS) is 13.6. The van der Waals surface area contributed by atoms with Crippen LogP contribution < -0.4 is 0 Å². The van der Waals surface area contributed by atoms with Crippen molar-refractivity contribution >= 4 is 23.5 Å². The summed E-state index contributed by atoms with van der Waals surface area (Å²) in [7, 11) is 1.40. The number of fused-ring (bicyclic) bond motifs is 1. The molecule has 130 valence electrons. The fourth-order valence-corrected chi connectivity index (χ4v) is 3.76. The van der Waals surface area contributed by atoms with Gasteiger partial charge in [-0.2, -0.15) is 4.98 Å². The van der Waals surface area contributed by atoms with Gasteiger partial charge in [-0.05, 0) is 25.5 Å². The van der Waals surface area contributed by atoms with Crippen LogP contribution in [0, 0.1) is 13.8 Å². The summed E-state index contributed by atoms with van der Waals surface area (Å²) in [6.07, 6.45) is 0. The van der Waals surface area contributed by atoms with E-state index in [1.54, 1.807) is 4.52 Å². The Morgan fingerprint density at radius 1 is 1.20 bits per heavy atom. The van der Waals surface area contributed by atoms with E-state index in [-0.39, 0.29) is 11.9 Å². The molecule has 2 aromatic heterocycles. The van der Waals surface area contributed by atoms with Crippen LogP contribution in [0.5, 0.6) is 0 Å². The number of benzene rings is 1. The number of esters is 1. The number of aromatic nitrogens is 4. The molecule has 0 amide bonds. The van der Waals surface area contributed by atoms with Crippen molar-refractivity contribution in [1.82, 2.24) is 19.6 Å². The summed E-state index contributed by atoms with van der Waals surface area (Å²) in [5.41, 5.74) is 2.91. The van der Waals surface area contributed by atoms with Crippen LogP contribution in [0.25, 0.3) is 5.78 Å². The van der Waals surface area contributed by atoms with Crippen molar-refractivity contribution in [3.63, 3.8) is 0 Å². The van der Waals surface area contributed by atoms with Crippen molar-refractivity contribution < 1.29 is 9.53 Å². The first-order chi connectivity index (χ1) is 12.0. The molecule has 3 rings (SSSR count). The van der Waals surface area contributed by atoms with Crippen LogP contribution in [-0.4, -0.2) is 37.9 Å². The third kappa shape index (κ3) is 3.66. The Morgan fingerprint density at radius 2 is 1.92 bits per heavy atom. The third-order valence-electron chi connectivity index (χ3n) is 4.04. The second-order valence-electron chi connectivity index (χ2n) is 5.91. The van der Waals surface area contributed by atoms with Gasteiger partial charge in [-0.25, -0.2) is 9.50 Å². The molecule has 0 aliphatic carbocycles. The monoisotopic (exact) mass is 356 g/mol. The highest BCUT2D eigenvalue weighted by Crippen LogP contribution is 2.33. The zero-order valence-corrected chi connectivity index (χ0v) is 15.4. The van der Waals surface area contributed by atoms with Gasteiger partial charge in [-0.15, -0.1) is 5.10 Å². The van der Waals surface area contributed by atoms with Crippen LogP contribution in [0.2, 0.25) is 0 Å². The van der Waals surface area contributed by atoms with Crippen molar-refractivity contribution in [3.8, 4) is 0 Å². The SMILES string of the molecule is COC(=O)C(Sc1nc2nc(C)cc(C)n2n1)C(C)c1ccccc1.